The van der Waals surface area contributed by atoms with Crippen LogP contribution in [0.5, 0.6) is 5.75 Å². The molecule has 1 amide bonds. The number of hydrogen-bond acceptors (Lipinski definition) is 6. The van der Waals surface area contributed by atoms with E-state index < -0.39 is 11.5 Å². The monoisotopic (exact) mass is 389 g/mol. The van der Waals surface area contributed by atoms with E-state index in [4.69, 9.17) is 20.8 Å². The molecule has 0 unspecified atom stereocenters. The van der Waals surface area contributed by atoms with Crippen molar-refractivity contribution in [2.24, 2.45) is 0 Å². The molecule has 9 heteroatoms. The van der Waals surface area contributed by atoms with Gasteiger partial charge in [-0.3, -0.25) is 14.8 Å². The van der Waals surface area contributed by atoms with E-state index in [1.807, 2.05) is 20.0 Å². The molecule has 2 heterocycles. The molecule has 3 aromatic rings. The summed E-state index contributed by atoms with van der Waals surface area (Å²) in [5, 5.41) is 15.3. The van der Waals surface area contributed by atoms with Gasteiger partial charge in [0, 0.05) is 17.3 Å². The standard InChI is InChI=1S/C18H20ClN5O3/c1-11(2)24-10-9-14(23-24)15-21-22-17(26-15)20-16(25)18(3,4)27-13-7-5-12(19)6-8-13/h5-11H,1-4H3,(H,20,22,25). The molecule has 0 bridgehead atoms. The van der Waals surface area contributed by atoms with Gasteiger partial charge >= 0.3 is 6.01 Å². The Kier molecular flexibility index (Phi) is 5.18. The van der Waals surface area contributed by atoms with E-state index in [9.17, 15) is 4.79 Å². The molecule has 0 saturated heterocycles. The quantitative estimate of drug-likeness (QED) is 0.685. The molecule has 0 spiro atoms. The lowest BCUT2D eigenvalue weighted by atomic mass is 10.1. The Balaban J connectivity index is 1.68. The molecule has 0 fully saturated rings. The van der Waals surface area contributed by atoms with Crippen molar-refractivity contribution in [1.82, 2.24) is 20.0 Å². The zero-order valence-corrected chi connectivity index (χ0v) is 16.2. The van der Waals surface area contributed by atoms with Crippen LogP contribution in [0.2, 0.25) is 5.02 Å². The van der Waals surface area contributed by atoms with E-state index >= 15 is 0 Å². The Bertz CT molecular complexity index is 931. The summed E-state index contributed by atoms with van der Waals surface area (Å²) >= 11 is 5.86. The average Bonchev–Trinajstić information content (AvgIpc) is 3.25. The van der Waals surface area contributed by atoms with Crippen LogP contribution in [-0.2, 0) is 4.79 Å². The molecule has 0 atom stereocenters. The van der Waals surface area contributed by atoms with Crippen molar-refractivity contribution in [3.8, 4) is 17.3 Å². The van der Waals surface area contributed by atoms with Gasteiger partial charge in [-0.05, 0) is 58.0 Å². The molecule has 1 N–H and O–H groups in total. The molecule has 0 saturated carbocycles. The van der Waals surface area contributed by atoms with Crippen molar-refractivity contribution in [2.75, 3.05) is 5.32 Å². The van der Waals surface area contributed by atoms with Gasteiger partial charge in [0.2, 0.25) is 0 Å². The highest BCUT2D eigenvalue weighted by atomic mass is 35.5. The van der Waals surface area contributed by atoms with Gasteiger partial charge in [-0.15, -0.1) is 5.10 Å². The van der Waals surface area contributed by atoms with Gasteiger partial charge in [-0.1, -0.05) is 16.7 Å². The SMILES string of the molecule is CC(C)n1ccc(-c2nnc(NC(=O)C(C)(C)Oc3ccc(Cl)cc3)o2)n1. The lowest BCUT2D eigenvalue weighted by Gasteiger charge is -2.24. The zero-order valence-electron chi connectivity index (χ0n) is 15.4. The van der Waals surface area contributed by atoms with Crippen molar-refractivity contribution in [2.45, 2.75) is 39.3 Å². The second kappa shape index (κ2) is 7.40. The van der Waals surface area contributed by atoms with Gasteiger partial charge < -0.3 is 9.15 Å². The van der Waals surface area contributed by atoms with E-state index in [1.54, 1.807) is 48.9 Å². The summed E-state index contributed by atoms with van der Waals surface area (Å²) < 4.78 is 13.0. The van der Waals surface area contributed by atoms with E-state index in [-0.39, 0.29) is 17.9 Å². The van der Waals surface area contributed by atoms with Crippen LogP contribution in [0, 0.1) is 0 Å². The highest BCUT2D eigenvalue weighted by Crippen LogP contribution is 2.23. The lowest BCUT2D eigenvalue weighted by molar-refractivity contribution is -0.128. The molecule has 0 radical (unpaired) electrons. The first-order chi connectivity index (χ1) is 12.7. The van der Waals surface area contributed by atoms with Crippen LogP contribution in [0.3, 0.4) is 0 Å². The van der Waals surface area contributed by atoms with Crippen LogP contribution < -0.4 is 10.1 Å². The van der Waals surface area contributed by atoms with Crippen LogP contribution in [0.4, 0.5) is 6.01 Å². The molecule has 0 aliphatic heterocycles. The summed E-state index contributed by atoms with van der Waals surface area (Å²) in [6.45, 7) is 7.30. The average molecular weight is 390 g/mol. The van der Waals surface area contributed by atoms with Crippen molar-refractivity contribution in [3.05, 3.63) is 41.6 Å². The van der Waals surface area contributed by atoms with Gasteiger partial charge in [0.05, 0.1) is 0 Å². The Morgan fingerprint density at radius 1 is 1.22 bits per heavy atom. The summed E-state index contributed by atoms with van der Waals surface area (Å²) in [5.74, 6) is 0.312. The lowest BCUT2D eigenvalue weighted by Crippen LogP contribution is -2.42. The first-order valence-corrected chi connectivity index (χ1v) is 8.77. The van der Waals surface area contributed by atoms with Crippen molar-refractivity contribution in [3.63, 3.8) is 0 Å². The maximum atomic E-state index is 12.5. The van der Waals surface area contributed by atoms with Crippen LogP contribution >= 0.6 is 11.6 Å². The number of amides is 1. The minimum absolute atomic E-state index is 0.0260. The summed E-state index contributed by atoms with van der Waals surface area (Å²) in [7, 11) is 0. The summed E-state index contributed by atoms with van der Waals surface area (Å²) in [6, 6.07) is 8.71. The number of anilines is 1. The normalized spacial score (nSPS) is 11.6. The Hall–Kier alpha value is -2.87. The number of nitrogens with zero attached hydrogens (tertiary/aromatic N) is 4. The van der Waals surface area contributed by atoms with Gasteiger partial charge in [-0.25, -0.2) is 0 Å². The number of aromatic nitrogens is 4. The van der Waals surface area contributed by atoms with Gasteiger partial charge in [0.25, 0.3) is 11.8 Å². The van der Waals surface area contributed by atoms with E-state index in [0.29, 0.717) is 16.5 Å². The Morgan fingerprint density at radius 2 is 1.93 bits per heavy atom. The number of halogens is 1. The fraction of sp³-hybridized carbons (Fsp3) is 0.333. The van der Waals surface area contributed by atoms with E-state index in [0.717, 1.165) is 0 Å². The molecule has 2 aromatic heterocycles. The highest BCUT2D eigenvalue weighted by Gasteiger charge is 2.31. The number of carbonyl (C=O) groups excluding carboxylic acids is 1. The molecule has 0 aliphatic carbocycles. The summed E-state index contributed by atoms with van der Waals surface area (Å²) in [5.41, 5.74) is -0.629. The predicted octanol–water partition coefficient (Wildman–Crippen LogP) is 3.96. The van der Waals surface area contributed by atoms with Crippen molar-refractivity contribution < 1.29 is 13.9 Å². The molecular weight excluding hydrogens is 370 g/mol. The fourth-order valence-electron chi connectivity index (χ4n) is 2.21. The van der Waals surface area contributed by atoms with Crippen LogP contribution in [-0.4, -0.2) is 31.5 Å². The number of rotatable bonds is 6. The number of hydrogen-bond donors (Lipinski definition) is 1. The minimum atomic E-state index is -1.16. The third-order valence-electron chi connectivity index (χ3n) is 3.74. The topological polar surface area (TPSA) is 95.1 Å². The first-order valence-electron chi connectivity index (χ1n) is 8.39. The number of ether oxygens (including phenoxy) is 1. The molecule has 3 rings (SSSR count). The summed E-state index contributed by atoms with van der Waals surface area (Å²) in [6.07, 6.45) is 1.82. The molecule has 27 heavy (non-hydrogen) atoms. The number of nitrogens with one attached hydrogen (secondary N) is 1. The highest BCUT2D eigenvalue weighted by molar-refractivity contribution is 6.30. The van der Waals surface area contributed by atoms with Crippen LogP contribution in [0.1, 0.15) is 33.7 Å². The summed E-state index contributed by atoms with van der Waals surface area (Å²) in [4.78, 5) is 12.5. The minimum Gasteiger partial charge on any atom is -0.478 e. The maximum absolute atomic E-state index is 12.5. The van der Waals surface area contributed by atoms with Gasteiger partial charge in [0.1, 0.15) is 11.4 Å². The van der Waals surface area contributed by atoms with E-state index in [2.05, 4.69) is 20.6 Å². The molecular formula is C18H20ClN5O3. The predicted molar refractivity (Wildman–Crippen MR) is 101 cm³/mol. The zero-order chi connectivity index (χ0) is 19.6. The van der Waals surface area contributed by atoms with Crippen molar-refractivity contribution >= 4 is 23.5 Å². The largest absolute Gasteiger partial charge is 0.478 e. The van der Waals surface area contributed by atoms with E-state index in [1.165, 1.54) is 0 Å². The third-order valence-corrected chi connectivity index (χ3v) is 3.99. The number of carbonyl (C=O) groups is 1. The fourth-order valence-corrected chi connectivity index (χ4v) is 2.33. The molecule has 142 valence electrons. The van der Waals surface area contributed by atoms with Gasteiger partial charge in [-0.2, -0.15) is 5.10 Å². The first kappa shape index (κ1) is 18.9. The van der Waals surface area contributed by atoms with Gasteiger partial charge in [0.15, 0.2) is 5.60 Å². The third kappa shape index (κ3) is 4.46. The number of benzene rings is 1. The van der Waals surface area contributed by atoms with Crippen LogP contribution in [0.25, 0.3) is 11.6 Å². The maximum Gasteiger partial charge on any atom is 0.322 e. The Morgan fingerprint density at radius 3 is 2.56 bits per heavy atom. The molecule has 1 aromatic carbocycles. The molecule has 8 nitrogen and oxygen atoms in total. The molecule has 0 aliphatic rings. The second-order valence-electron chi connectivity index (χ2n) is 6.71. The smallest absolute Gasteiger partial charge is 0.322 e. The Labute approximate surface area is 161 Å². The second-order valence-corrected chi connectivity index (χ2v) is 7.14. The van der Waals surface area contributed by atoms with Crippen molar-refractivity contribution in [1.29, 1.82) is 0 Å². The van der Waals surface area contributed by atoms with Crippen LogP contribution in [0.15, 0.2) is 40.9 Å².